The molecule has 1 aliphatic heterocycles. The Labute approximate surface area is 106 Å². The zero-order chi connectivity index (χ0) is 12.4. The van der Waals surface area contributed by atoms with Crippen LogP contribution in [-0.2, 0) is 16.0 Å². The summed E-state index contributed by atoms with van der Waals surface area (Å²) in [4.78, 5) is 11.7. The predicted octanol–water partition coefficient (Wildman–Crippen LogP) is 2.99. The third-order valence-corrected chi connectivity index (χ3v) is 2.82. The monoisotopic (exact) mass is 254 g/mol. The molecule has 0 N–H and O–H groups in total. The van der Waals surface area contributed by atoms with E-state index in [0.717, 1.165) is 17.7 Å². The minimum absolute atomic E-state index is 0.113. The molecule has 0 bridgehead atoms. The van der Waals surface area contributed by atoms with Gasteiger partial charge in [-0.2, -0.15) is 0 Å². The van der Waals surface area contributed by atoms with Crippen molar-refractivity contribution in [2.75, 3.05) is 0 Å². The summed E-state index contributed by atoms with van der Waals surface area (Å²) in [5, 5.41) is 0.690. The van der Waals surface area contributed by atoms with Gasteiger partial charge in [0.05, 0.1) is 6.10 Å². The summed E-state index contributed by atoms with van der Waals surface area (Å²) in [6.45, 7) is 3.66. The van der Waals surface area contributed by atoms with Gasteiger partial charge in [0.25, 0.3) is 0 Å². The SMILES string of the molecule is CC(C)OC(=O)[C@@H]1CCc2cc(Cl)ccc2O1. The van der Waals surface area contributed by atoms with Crippen LogP contribution in [0.2, 0.25) is 5.02 Å². The van der Waals surface area contributed by atoms with Crippen molar-refractivity contribution in [1.29, 1.82) is 0 Å². The van der Waals surface area contributed by atoms with E-state index in [4.69, 9.17) is 21.1 Å². The van der Waals surface area contributed by atoms with Crippen molar-refractivity contribution in [1.82, 2.24) is 0 Å². The average Bonchev–Trinajstić information content (AvgIpc) is 2.27. The molecule has 0 saturated carbocycles. The Morgan fingerprint density at radius 2 is 2.29 bits per heavy atom. The van der Waals surface area contributed by atoms with Gasteiger partial charge in [-0.25, -0.2) is 4.79 Å². The third-order valence-electron chi connectivity index (χ3n) is 2.58. The molecule has 1 aromatic carbocycles. The number of benzene rings is 1. The summed E-state index contributed by atoms with van der Waals surface area (Å²) < 4.78 is 10.8. The van der Waals surface area contributed by atoms with Gasteiger partial charge in [0, 0.05) is 5.02 Å². The highest BCUT2D eigenvalue weighted by molar-refractivity contribution is 6.30. The van der Waals surface area contributed by atoms with Crippen molar-refractivity contribution >= 4 is 17.6 Å². The molecular weight excluding hydrogens is 240 g/mol. The number of carbonyl (C=O) groups excluding carboxylic acids is 1. The van der Waals surface area contributed by atoms with Crippen LogP contribution in [0.15, 0.2) is 18.2 Å². The zero-order valence-corrected chi connectivity index (χ0v) is 10.7. The summed E-state index contributed by atoms with van der Waals surface area (Å²) >= 11 is 5.90. The lowest BCUT2D eigenvalue weighted by Crippen LogP contribution is -2.34. The Balaban J connectivity index is 2.08. The minimum atomic E-state index is -0.494. The largest absolute Gasteiger partial charge is 0.478 e. The molecule has 4 heteroatoms. The minimum Gasteiger partial charge on any atom is -0.478 e. The summed E-state index contributed by atoms with van der Waals surface area (Å²) in [6.07, 6.45) is 0.816. The average molecular weight is 255 g/mol. The molecule has 1 aromatic rings. The van der Waals surface area contributed by atoms with Crippen molar-refractivity contribution in [3.05, 3.63) is 28.8 Å². The van der Waals surface area contributed by atoms with Crippen LogP contribution >= 0.6 is 11.6 Å². The Kier molecular flexibility index (Phi) is 3.57. The highest BCUT2D eigenvalue weighted by Crippen LogP contribution is 2.30. The van der Waals surface area contributed by atoms with Gasteiger partial charge in [0.2, 0.25) is 0 Å². The molecule has 1 atom stereocenters. The Morgan fingerprint density at radius 3 is 3.00 bits per heavy atom. The molecule has 0 spiro atoms. The fourth-order valence-corrected chi connectivity index (χ4v) is 2.03. The van der Waals surface area contributed by atoms with Crippen molar-refractivity contribution in [3.8, 4) is 5.75 Å². The maximum atomic E-state index is 11.7. The lowest BCUT2D eigenvalue weighted by Gasteiger charge is -2.25. The first-order valence-electron chi connectivity index (χ1n) is 5.72. The zero-order valence-electron chi connectivity index (χ0n) is 9.90. The van der Waals surface area contributed by atoms with Crippen LogP contribution in [0, 0.1) is 0 Å². The van der Waals surface area contributed by atoms with Gasteiger partial charge in [-0.05, 0) is 50.5 Å². The number of aryl methyl sites for hydroxylation is 1. The van der Waals surface area contributed by atoms with Crippen LogP contribution in [0.3, 0.4) is 0 Å². The van der Waals surface area contributed by atoms with Crippen molar-refractivity contribution in [3.63, 3.8) is 0 Å². The molecule has 2 rings (SSSR count). The number of carbonyl (C=O) groups is 1. The number of hydrogen-bond acceptors (Lipinski definition) is 3. The predicted molar refractivity (Wildman–Crippen MR) is 65.4 cm³/mol. The van der Waals surface area contributed by atoms with E-state index in [1.54, 1.807) is 12.1 Å². The second-order valence-electron chi connectivity index (χ2n) is 4.38. The van der Waals surface area contributed by atoms with E-state index < -0.39 is 6.10 Å². The second kappa shape index (κ2) is 4.96. The lowest BCUT2D eigenvalue weighted by molar-refractivity contribution is -0.156. The maximum absolute atomic E-state index is 11.7. The van der Waals surface area contributed by atoms with Crippen LogP contribution in [0.1, 0.15) is 25.8 Å². The van der Waals surface area contributed by atoms with Gasteiger partial charge in [-0.1, -0.05) is 11.6 Å². The van der Waals surface area contributed by atoms with Crippen molar-refractivity contribution in [2.45, 2.75) is 38.9 Å². The van der Waals surface area contributed by atoms with E-state index in [-0.39, 0.29) is 12.1 Å². The van der Waals surface area contributed by atoms with Gasteiger partial charge in [-0.3, -0.25) is 0 Å². The number of hydrogen-bond donors (Lipinski definition) is 0. The highest BCUT2D eigenvalue weighted by atomic mass is 35.5. The molecular formula is C13H15ClO3. The molecule has 17 heavy (non-hydrogen) atoms. The lowest BCUT2D eigenvalue weighted by atomic mass is 10.0. The molecule has 0 saturated heterocycles. The van der Waals surface area contributed by atoms with Gasteiger partial charge in [0.15, 0.2) is 6.10 Å². The normalized spacial score (nSPS) is 18.5. The van der Waals surface area contributed by atoms with Crippen LogP contribution in [-0.4, -0.2) is 18.2 Å². The molecule has 0 amide bonds. The van der Waals surface area contributed by atoms with Crippen molar-refractivity contribution in [2.24, 2.45) is 0 Å². The Morgan fingerprint density at radius 1 is 1.53 bits per heavy atom. The molecule has 92 valence electrons. The molecule has 0 fully saturated rings. The van der Waals surface area contributed by atoms with Crippen LogP contribution in [0.25, 0.3) is 0 Å². The molecule has 0 aromatic heterocycles. The smallest absolute Gasteiger partial charge is 0.347 e. The van der Waals surface area contributed by atoms with E-state index in [2.05, 4.69) is 0 Å². The molecule has 0 unspecified atom stereocenters. The molecule has 0 aliphatic carbocycles. The van der Waals surface area contributed by atoms with Gasteiger partial charge >= 0.3 is 5.97 Å². The van der Waals surface area contributed by atoms with Gasteiger partial charge < -0.3 is 9.47 Å². The quantitative estimate of drug-likeness (QED) is 0.761. The topological polar surface area (TPSA) is 35.5 Å². The van der Waals surface area contributed by atoms with Crippen LogP contribution in [0.5, 0.6) is 5.75 Å². The summed E-state index contributed by atoms with van der Waals surface area (Å²) in [6, 6.07) is 5.43. The third kappa shape index (κ3) is 2.91. The van der Waals surface area contributed by atoms with E-state index >= 15 is 0 Å². The van der Waals surface area contributed by atoms with Gasteiger partial charge in [-0.15, -0.1) is 0 Å². The number of ether oxygens (including phenoxy) is 2. The first-order chi connectivity index (χ1) is 8.06. The first-order valence-corrected chi connectivity index (χ1v) is 6.09. The van der Waals surface area contributed by atoms with Crippen LogP contribution in [0.4, 0.5) is 0 Å². The standard InChI is InChI=1S/C13H15ClO3/c1-8(2)16-13(15)12-5-3-9-7-10(14)4-6-11(9)17-12/h4,6-8,12H,3,5H2,1-2H3/t12-/m0/s1. The fourth-order valence-electron chi connectivity index (χ4n) is 1.83. The van der Waals surface area contributed by atoms with E-state index in [1.807, 2.05) is 19.9 Å². The highest BCUT2D eigenvalue weighted by Gasteiger charge is 2.27. The van der Waals surface area contributed by atoms with Crippen LogP contribution < -0.4 is 4.74 Å². The first kappa shape index (κ1) is 12.2. The molecule has 1 aliphatic rings. The maximum Gasteiger partial charge on any atom is 0.347 e. The number of rotatable bonds is 2. The number of halogens is 1. The van der Waals surface area contributed by atoms with Gasteiger partial charge in [0.1, 0.15) is 5.75 Å². The Bertz CT molecular complexity index is 429. The second-order valence-corrected chi connectivity index (χ2v) is 4.82. The molecule has 0 radical (unpaired) electrons. The molecule has 1 heterocycles. The molecule has 3 nitrogen and oxygen atoms in total. The summed E-state index contributed by atoms with van der Waals surface area (Å²) in [5.41, 5.74) is 1.05. The summed E-state index contributed by atoms with van der Waals surface area (Å²) in [5.74, 6) is 0.437. The van der Waals surface area contributed by atoms with E-state index in [9.17, 15) is 4.79 Å². The number of fused-ring (bicyclic) bond motifs is 1. The fraction of sp³-hybridized carbons (Fsp3) is 0.462. The van der Waals surface area contributed by atoms with E-state index in [0.29, 0.717) is 11.4 Å². The summed E-state index contributed by atoms with van der Waals surface area (Å²) in [7, 11) is 0. The van der Waals surface area contributed by atoms with E-state index in [1.165, 1.54) is 0 Å². The van der Waals surface area contributed by atoms with Crippen molar-refractivity contribution < 1.29 is 14.3 Å². The Hall–Kier alpha value is -1.22. The number of esters is 1.